The van der Waals surface area contributed by atoms with Crippen molar-refractivity contribution in [2.24, 2.45) is 0 Å². The number of halogens is 2. The molecule has 0 unspecified atom stereocenters. The number of nitrogens with zero attached hydrogens (tertiary/aromatic N) is 8. The molecule has 1 N–H and O–H groups in total. The second-order valence-corrected chi connectivity index (χ2v) is 11.2. The molecule has 4 aromatic rings. The number of thiazole rings is 1. The third-order valence-electron chi connectivity index (χ3n) is 7.54. The maximum atomic E-state index is 15.6. The molecule has 2 aliphatic rings. The molecule has 5 heterocycles. The van der Waals surface area contributed by atoms with Gasteiger partial charge in [0.1, 0.15) is 22.5 Å². The van der Waals surface area contributed by atoms with Gasteiger partial charge in [-0.1, -0.05) is 18.2 Å². The summed E-state index contributed by atoms with van der Waals surface area (Å²) in [6.45, 7) is -0.619. The van der Waals surface area contributed by atoms with E-state index in [2.05, 4.69) is 16.2 Å². The maximum absolute atomic E-state index is 15.6. The van der Waals surface area contributed by atoms with Crippen LogP contribution in [0.4, 0.5) is 25.3 Å². The summed E-state index contributed by atoms with van der Waals surface area (Å²) in [6.07, 6.45) is -2.38. The number of piperazine rings is 1. The number of aryl methyl sites for hydroxylation is 1. The highest BCUT2D eigenvalue weighted by Crippen LogP contribution is 2.39. The number of carbonyl (C=O) groups is 1. The van der Waals surface area contributed by atoms with Gasteiger partial charge in [-0.3, -0.25) is 9.69 Å². The fourth-order valence-electron chi connectivity index (χ4n) is 5.23. The number of nitriles is 1. The zero-order valence-electron chi connectivity index (χ0n) is 27.6. The third kappa shape index (κ3) is 5.17. The summed E-state index contributed by atoms with van der Waals surface area (Å²) in [5.74, 6) is -1.20. The van der Waals surface area contributed by atoms with E-state index in [4.69, 9.17) is 6.85 Å². The number of anilines is 3. The van der Waals surface area contributed by atoms with Crippen molar-refractivity contribution in [3.05, 3.63) is 58.7 Å². The lowest BCUT2D eigenvalue weighted by atomic mass is 10.1. The maximum Gasteiger partial charge on any atom is 0.236 e. The van der Waals surface area contributed by atoms with Gasteiger partial charge in [0.25, 0.3) is 0 Å². The van der Waals surface area contributed by atoms with E-state index in [1.807, 2.05) is 4.90 Å². The van der Waals surface area contributed by atoms with Crippen LogP contribution in [0.2, 0.25) is 0 Å². The summed E-state index contributed by atoms with van der Waals surface area (Å²) in [5.41, 5.74) is 0.700. The second kappa shape index (κ2) is 11.3. The number of aliphatic hydroxyl groups is 1. The lowest BCUT2D eigenvalue weighted by molar-refractivity contribution is -0.142. The van der Waals surface area contributed by atoms with Gasteiger partial charge in [-0.2, -0.15) is 10.4 Å². The Balaban J connectivity index is 1.37. The Morgan fingerprint density at radius 3 is 2.67 bits per heavy atom. The topological polar surface area (TPSA) is 104 Å². The minimum atomic E-state index is -3.14. The number of hydrogen-bond acceptors (Lipinski definition) is 9. The van der Waals surface area contributed by atoms with Crippen LogP contribution in [0.1, 0.15) is 24.3 Å². The van der Waals surface area contributed by atoms with E-state index in [9.17, 15) is 19.6 Å². The molecule has 42 heavy (non-hydrogen) atoms. The van der Waals surface area contributed by atoms with E-state index in [0.717, 1.165) is 22.0 Å². The summed E-state index contributed by atoms with van der Waals surface area (Å²) in [5, 5.41) is 23.8. The van der Waals surface area contributed by atoms with Gasteiger partial charge in [0, 0.05) is 58.7 Å². The number of carbonyl (C=O) groups excluding carboxylic acids is 1. The average Bonchev–Trinajstić information content (AvgIpc) is 3.61. The summed E-state index contributed by atoms with van der Waals surface area (Å²) in [4.78, 5) is 24.0. The molecular formula is C29H30F2N8O2S. The number of benzene rings is 1. The van der Waals surface area contributed by atoms with Crippen molar-refractivity contribution in [2.45, 2.75) is 19.3 Å². The van der Waals surface area contributed by atoms with Crippen LogP contribution in [0.15, 0.2) is 36.5 Å². The number of aromatic nitrogens is 3. The standard InChI is InChI=1S/C29H30F2N8O2S/c1-3-22-28(35(2)29-33-27(25(13-32)42-29)18-4-6-19(30)7-5-18)24-12-23(21(31)16-39(24)34-22)37-10-8-36(9-11-37)17-26(41)38-14-20(40)15-38/h4-7,12,16,20,40H,3,8-11,14-15,17H2,1-2H3/i1D3,3D2. The zero-order valence-corrected chi connectivity index (χ0v) is 23.4. The molecule has 1 amide bonds. The normalized spacial score (nSPS) is 18.5. The quantitative estimate of drug-likeness (QED) is 0.346. The largest absolute Gasteiger partial charge is 0.389 e. The van der Waals surface area contributed by atoms with Gasteiger partial charge in [-0.05, 0) is 36.7 Å². The monoisotopic (exact) mass is 597 g/mol. The van der Waals surface area contributed by atoms with Gasteiger partial charge in [-0.25, -0.2) is 18.3 Å². The minimum Gasteiger partial charge on any atom is -0.389 e. The van der Waals surface area contributed by atoms with Gasteiger partial charge in [0.2, 0.25) is 5.91 Å². The Morgan fingerprint density at radius 1 is 1.26 bits per heavy atom. The van der Waals surface area contributed by atoms with Crippen LogP contribution >= 0.6 is 11.3 Å². The highest BCUT2D eigenvalue weighted by atomic mass is 32.1. The summed E-state index contributed by atoms with van der Waals surface area (Å²) in [7, 11) is 1.53. The molecule has 2 fully saturated rings. The number of rotatable bonds is 7. The predicted octanol–water partition coefficient (Wildman–Crippen LogP) is 3.26. The van der Waals surface area contributed by atoms with Crippen LogP contribution in [0, 0.1) is 23.0 Å². The summed E-state index contributed by atoms with van der Waals surface area (Å²) >= 11 is 0.973. The van der Waals surface area contributed by atoms with Crippen LogP contribution < -0.4 is 9.80 Å². The SMILES string of the molecule is [2H]C([2H])([2H])C([2H])([2H])c1nn2cc(F)c(N3CCN(CC(=O)N4CC(O)C4)CC3)cc2c1N(C)c1nc(-c2ccc(F)cc2)c(C#N)s1. The molecule has 6 rings (SSSR count). The number of amides is 1. The van der Waals surface area contributed by atoms with Gasteiger partial charge >= 0.3 is 0 Å². The number of pyridine rings is 1. The van der Waals surface area contributed by atoms with Crippen molar-refractivity contribution in [1.82, 2.24) is 24.4 Å². The smallest absolute Gasteiger partial charge is 0.236 e. The average molecular weight is 598 g/mol. The molecule has 0 spiro atoms. The molecule has 0 saturated carbocycles. The van der Waals surface area contributed by atoms with Crippen molar-refractivity contribution < 1.29 is 25.5 Å². The van der Waals surface area contributed by atoms with Crippen LogP contribution in [0.25, 0.3) is 16.8 Å². The zero-order chi connectivity index (χ0) is 33.8. The Hall–Kier alpha value is -4.12. The van der Waals surface area contributed by atoms with Crippen LogP contribution in [0.3, 0.4) is 0 Å². The minimum absolute atomic E-state index is 0.0252. The van der Waals surface area contributed by atoms with E-state index >= 15 is 4.39 Å². The first-order chi connectivity index (χ1) is 22.2. The molecule has 0 aliphatic carbocycles. The number of aliphatic hydroxyl groups excluding tert-OH is 1. The number of fused-ring (bicyclic) bond motifs is 1. The lowest BCUT2D eigenvalue weighted by Crippen LogP contribution is -2.57. The van der Waals surface area contributed by atoms with E-state index in [0.29, 0.717) is 44.8 Å². The molecule has 0 atom stereocenters. The first kappa shape index (κ1) is 22.5. The van der Waals surface area contributed by atoms with E-state index in [1.54, 1.807) is 9.80 Å². The Kier molecular flexibility index (Phi) is 6.04. The molecule has 3 aromatic heterocycles. The molecule has 1 aromatic carbocycles. The Labute approximate surface area is 252 Å². The summed E-state index contributed by atoms with van der Waals surface area (Å²) in [6, 6.07) is 8.98. The Bertz CT molecular complexity index is 1860. The van der Waals surface area contributed by atoms with E-state index < -0.39 is 36.7 Å². The number of β-amino-alcohol motifs (C(OH)–C–C–N with tert-alkyl or cyclic N) is 1. The van der Waals surface area contributed by atoms with Crippen molar-refractivity contribution in [2.75, 3.05) is 62.7 Å². The van der Waals surface area contributed by atoms with Gasteiger partial charge in [-0.15, -0.1) is 0 Å². The second-order valence-electron chi connectivity index (χ2n) is 10.2. The van der Waals surface area contributed by atoms with Crippen molar-refractivity contribution >= 4 is 39.3 Å². The molecule has 10 nitrogen and oxygen atoms in total. The molecule has 0 bridgehead atoms. The first-order valence-electron chi connectivity index (χ1n) is 15.7. The van der Waals surface area contributed by atoms with Crippen molar-refractivity contribution in [1.29, 1.82) is 5.26 Å². The van der Waals surface area contributed by atoms with E-state index in [-0.39, 0.29) is 45.0 Å². The number of hydrogen-bond donors (Lipinski definition) is 1. The third-order valence-corrected chi connectivity index (χ3v) is 8.57. The van der Waals surface area contributed by atoms with Gasteiger partial charge < -0.3 is 19.8 Å². The van der Waals surface area contributed by atoms with Crippen LogP contribution in [-0.4, -0.2) is 94.4 Å². The fraction of sp³-hybridized carbons (Fsp3) is 0.379. The fourth-order valence-corrected chi connectivity index (χ4v) is 6.08. The summed E-state index contributed by atoms with van der Waals surface area (Å²) < 4.78 is 71.2. The van der Waals surface area contributed by atoms with Crippen LogP contribution in [0.5, 0.6) is 0 Å². The molecule has 2 saturated heterocycles. The Morgan fingerprint density at radius 2 is 2.00 bits per heavy atom. The molecular weight excluding hydrogens is 562 g/mol. The van der Waals surface area contributed by atoms with Crippen LogP contribution in [-0.2, 0) is 11.2 Å². The van der Waals surface area contributed by atoms with E-state index in [1.165, 1.54) is 42.3 Å². The highest BCUT2D eigenvalue weighted by Gasteiger charge is 2.31. The molecule has 0 radical (unpaired) electrons. The van der Waals surface area contributed by atoms with Gasteiger partial charge in [0.15, 0.2) is 10.9 Å². The van der Waals surface area contributed by atoms with Crippen molar-refractivity contribution in [3.8, 4) is 17.3 Å². The number of likely N-dealkylation sites (tertiary alicyclic amines) is 1. The highest BCUT2D eigenvalue weighted by molar-refractivity contribution is 7.16. The first-order valence-corrected chi connectivity index (χ1v) is 14.1. The van der Waals surface area contributed by atoms with Crippen molar-refractivity contribution in [3.63, 3.8) is 0 Å². The molecule has 218 valence electrons. The van der Waals surface area contributed by atoms with Gasteiger partial charge in [0.05, 0.1) is 41.4 Å². The predicted molar refractivity (Wildman–Crippen MR) is 156 cm³/mol. The lowest BCUT2D eigenvalue weighted by Gasteiger charge is -2.39. The molecule has 13 heteroatoms. The molecule has 2 aliphatic heterocycles.